The standard InChI is InChI=1S/C13H23NO2/c14-9-6-11-15-10-4-2-1-3-7-13-8-5-12-16-13/h13H,1-8,10-12H2. The molecule has 0 aromatic rings. The Morgan fingerprint density at radius 1 is 1.19 bits per heavy atom. The molecule has 0 amide bonds. The molecular weight excluding hydrogens is 202 g/mol. The van der Waals surface area contributed by atoms with Crippen LogP contribution >= 0.6 is 0 Å². The molecule has 0 spiro atoms. The zero-order chi connectivity index (χ0) is 11.5. The average molecular weight is 225 g/mol. The first-order valence-electron chi connectivity index (χ1n) is 6.50. The third-order valence-electron chi connectivity index (χ3n) is 2.95. The molecule has 1 fully saturated rings. The van der Waals surface area contributed by atoms with Crippen LogP contribution in [0.15, 0.2) is 0 Å². The zero-order valence-electron chi connectivity index (χ0n) is 10.1. The molecule has 16 heavy (non-hydrogen) atoms. The third-order valence-corrected chi connectivity index (χ3v) is 2.95. The zero-order valence-corrected chi connectivity index (χ0v) is 10.1. The quantitative estimate of drug-likeness (QED) is 0.566. The molecule has 1 rings (SSSR count). The van der Waals surface area contributed by atoms with Crippen LogP contribution in [-0.2, 0) is 9.47 Å². The Bertz CT molecular complexity index is 195. The number of rotatable bonds is 9. The van der Waals surface area contributed by atoms with Crippen molar-refractivity contribution in [2.75, 3.05) is 19.8 Å². The highest BCUT2D eigenvalue weighted by molar-refractivity contribution is 4.67. The van der Waals surface area contributed by atoms with E-state index in [1.165, 1.54) is 38.5 Å². The van der Waals surface area contributed by atoms with Gasteiger partial charge < -0.3 is 9.47 Å². The van der Waals surface area contributed by atoms with Crippen molar-refractivity contribution in [3.05, 3.63) is 0 Å². The lowest BCUT2D eigenvalue weighted by Gasteiger charge is -2.08. The van der Waals surface area contributed by atoms with Gasteiger partial charge in [-0.15, -0.1) is 0 Å². The molecule has 3 nitrogen and oxygen atoms in total. The Balaban J connectivity index is 1.73. The van der Waals surface area contributed by atoms with Gasteiger partial charge in [-0.2, -0.15) is 5.26 Å². The van der Waals surface area contributed by atoms with Gasteiger partial charge in [-0.3, -0.25) is 0 Å². The fourth-order valence-electron chi connectivity index (χ4n) is 2.02. The van der Waals surface area contributed by atoms with E-state index in [1.54, 1.807) is 0 Å². The van der Waals surface area contributed by atoms with Crippen LogP contribution in [0, 0.1) is 11.3 Å². The van der Waals surface area contributed by atoms with E-state index in [2.05, 4.69) is 6.07 Å². The van der Waals surface area contributed by atoms with E-state index in [0.717, 1.165) is 19.6 Å². The van der Waals surface area contributed by atoms with Gasteiger partial charge in [0.2, 0.25) is 0 Å². The summed E-state index contributed by atoms with van der Waals surface area (Å²) in [6.07, 6.45) is 9.72. The number of hydrogen-bond donors (Lipinski definition) is 0. The summed E-state index contributed by atoms with van der Waals surface area (Å²) < 4.78 is 10.9. The minimum absolute atomic E-state index is 0.513. The monoisotopic (exact) mass is 225 g/mol. The number of ether oxygens (including phenoxy) is 2. The summed E-state index contributed by atoms with van der Waals surface area (Å²) in [5.41, 5.74) is 0. The summed E-state index contributed by atoms with van der Waals surface area (Å²) in [6, 6.07) is 2.07. The van der Waals surface area contributed by atoms with Gasteiger partial charge in [0.25, 0.3) is 0 Å². The number of hydrogen-bond acceptors (Lipinski definition) is 3. The van der Waals surface area contributed by atoms with Gasteiger partial charge in [-0.25, -0.2) is 0 Å². The maximum absolute atomic E-state index is 8.30. The van der Waals surface area contributed by atoms with Gasteiger partial charge in [-0.1, -0.05) is 19.3 Å². The lowest BCUT2D eigenvalue weighted by molar-refractivity contribution is 0.101. The molecule has 3 heteroatoms. The fraction of sp³-hybridized carbons (Fsp3) is 0.923. The summed E-state index contributed by atoms with van der Waals surface area (Å²) >= 11 is 0. The van der Waals surface area contributed by atoms with E-state index in [4.69, 9.17) is 14.7 Å². The smallest absolute Gasteiger partial charge is 0.0645 e. The van der Waals surface area contributed by atoms with Crippen LogP contribution < -0.4 is 0 Å². The van der Waals surface area contributed by atoms with Gasteiger partial charge in [-0.05, 0) is 25.7 Å². The summed E-state index contributed by atoms with van der Waals surface area (Å²) in [6.45, 7) is 2.37. The average Bonchev–Trinajstić information content (AvgIpc) is 2.80. The van der Waals surface area contributed by atoms with Crippen molar-refractivity contribution in [2.24, 2.45) is 0 Å². The van der Waals surface area contributed by atoms with Crippen molar-refractivity contribution in [3.63, 3.8) is 0 Å². The second-order valence-electron chi connectivity index (χ2n) is 4.36. The van der Waals surface area contributed by atoms with Crippen LogP contribution in [-0.4, -0.2) is 25.9 Å². The Morgan fingerprint density at radius 3 is 2.81 bits per heavy atom. The van der Waals surface area contributed by atoms with E-state index >= 15 is 0 Å². The third kappa shape index (κ3) is 6.81. The summed E-state index contributed by atoms with van der Waals surface area (Å²) in [5, 5.41) is 8.30. The molecule has 0 aromatic heterocycles. The van der Waals surface area contributed by atoms with Gasteiger partial charge >= 0.3 is 0 Å². The largest absolute Gasteiger partial charge is 0.380 e. The van der Waals surface area contributed by atoms with Gasteiger partial charge in [0.1, 0.15) is 0 Å². The molecule has 1 aliphatic heterocycles. The number of nitrogens with zero attached hydrogens (tertiary/aromatic N) is 1. The first kappa shape index (κ1) is 13.5. The Kier molecular flexibility index (Phi) is 8.10. The Hall–Kier alpha value is -0.590. The molecule has 1 unspecified atom stereocenters. The minimum atomic E-state index is 0.513. The Labute approximate surface area is 98.7 Å². The molecule has 1 atom stereocenters. The predicted octanol–water partition coefficient (Wildman–Crippen LogP) is 3.05. The fourth-order valence-corrected chi connectivity index (χ4v) is 2.02. The van der Waals surface area contributed by atoms with Crippen molar-refractivity contribution in [2.45, 2.75) is 57.5 Å². The van der Waals surface area contributed by atoms with Crippen molar-refractivity contribution < 1.29 is 9.47 Å². The summed E-state index contributed by atoms with van der Waals surface area (Å²) in [4.78, 5) is 0. The van der Waals surface area contributed by atoms with Crippen LogP contribution in [0.5, 0.6) is 0 Å². The summed E-state index contributed by atoms with van der Waals surface area (Å²) in [5.74, 6) is 0. The topological polar surface area (TPSA) is 42.2 Å². The normalized spacial score (nSPS) is 19.8. The second kappa shape index (κ2) is 9.62. The molecule has 0 aromatic carbocycles. The molecule has 0 N–H and O–H groups in total. The lowest BCUT2D eigenvalue weighted by Crippen LogP contribution is -2.04. The molecule has 1 heterocycles. The Morgan fingerprint density at radius 2 is 2.06 bits per heavy atom. The van der Waals surface area contributed by atoms with E-state index in [-0.39, 0.29) is 0 Å². The lowest BCUT2D eigenvalue weighted by atomic mass is 10.1. The van der Waals surface area contributed by atoms with Crippen LogP contribution in [0.2, 0.25) is 0 Å². The second-order valence-corrected chi connectivity index (χ2v) is 4.36. The molecule has 0 saturated carbocycles. The SMILES string of the molecule is N#CCCOCCCCCCC1CCCO1. The molecule has 1 saturated heterocycles. The summed E-state index contributed by atoms with van der Waals surface area (Å²) in [7, 11) is 0. The first-order chi connectivity index (χ1) is 7.93. The highest BCUT2D eigenvalue weighted by Gasteiger charge is 2.14. The molecule has 1 aliphatic rings. The number of unbranched alkanes of at least 4 members (excludes halogenated alkanes) is 3. The predicted molar refractivity (Wildman–Crippen MR) is 63.1 cm³/mol. The van der Waals surface area contributed by atoms with Crippen LogP contribution in [0.3, 0.4) is 0 Å². The van der Waals surface area contributed by atoms with Crippen LogP contribution in [0.25, 0.3) is 0 Å². The van der Waals surface area contributed by atoms with E-state index in [0.29, 0.717) is 19.1 Å². The van der Waals surface area contributed by atoms with E-state index < -0.39 is 0 Å². The maximum Gasteiger partial charge on any atom is 0.0645 e. The van der Waals surface area contributed by atoms with Gasteiger partial charge in [0.15, 0.2) is 0 Å². The van der Waals surface area contributed by atoms with Crippen molar-refractivity contribution in [1.82, 2.24) is 0 Å². The molecule has 0 bridgehead atoms. The molecule has 0 radical (unpaired) electrons. The van der Waals surface area contributed by atoms with Crippen molar-refractivity contribution in [3.8, 4) is 6.07 Å². The van der Waals surface area contributed by atoms with Crippen molar-refractivity contribution in [1.29, 1.82) is 5.26 Å². The van der Waals surface area contributed by atoms with Crippen molar-refractivity contribution >= 4 is 0 Å². The highest BCUT2D eigenvalue weighted by Crippen LogP contribution is 2.18. The van der Waals surface area contributed by atoms with E-state index in [9.17, 15) is 0 Å². The molecular formula is C13H23NO2. The van der Waals surface area contributed by atoms with Crippen LogP contribution in [0.4, 0.5) is 0 Å². The van der Waals surface area contributed by atoms with Crippen LogP contribution in [0.1, 0.15) is 51.4 Å². The first-order valence-corrected chi connectivity index (χ1v) is 6.50. The minimum Gasteiger partial charge on any atom is -0.380 e. The van der Waals surface area contributed by atoms with Gasteiger partial charge in [0, 0.05) is 13.2 Å². The van der Waals surface area contributed by atoms with Gasteiger partial charge in [0.05, 0.1) is 25.2 Å². The van der Waals surface area contributed by atoms with E-state index in [1.807, 2.05) is 0 Å². The highest BCUT2D eigenvalue weighted by atomic mass is 16.5. The maximum atomic E-state index is 8.30. The number of nitriles is 1. The molecule has 0 aliphatic carbocycles. The molecule has 92 valence electrons.